The van der Waals surface area contributed by atoms with E-state index in [4.69, 9.17) is 0 Å². The number of likely N-dealkylation sites (tertiary alicyclic amines) is 1. The van der Waals surface area contributed by atoms with E-state index in [-0.39, 0.29) is 5.56 Å². The zero-order valence-electron chi connectivity index (χ0n) is 14.6. The molecule has 132 valence electrons. The van der Waals surface area contributed by atoms with Gasteiger partial charge in [-0.15, -0.1) is 0 Å². The Balaban J connectivity index is 1.19. The highest BCUT2D eigenvalue weighted by molar-refractivity contribution is 5.13. The highest BCUT2D eigenvalue weighted by atomic mass is 16.1. The predicted molar refractivity (Wildman–Crippen MR) is 94.4 cm³/mol. The van der Waals surface area contributed by atoms with Crippen LogP contribution in [0.4, 0.5) is 0 Å². The van der Waals surface area contributed by atoms with E-state index in [0.717, 1.165) is 44.8 Å². The molecule has 2 aliphatic heterocycles. The van der Waals surface area contributed by atoms with E-state index in [9.17, 15) is 4.79 Å². The number of imidazole rings is 1. The Bertz CT molecular complexity index is 829. The zero-order valence-corrected chi connectivity index (χ0v) is 14.6. The number of hydrogen-bond donors (Lipinski definition) is 0. The van der Waals surface area contributed by atoms with Crippen molar-refractivity contribution in [1.82, 2.24) is 24.2 Å². The Morgan fingerprint density at radius 2 is 2.04 bits per heavy atom. The summed E-state index contributed by atoms with van der Waals surface area (Å²) in [6.07, 6.45) is 8.15. The molecule has 1 saturated heterocycles. The Morgan fingerprint density at radius 1 is 1.16 bits per heavy atom. The van der Waals surface area contributed by atoms with Crippen LogP contribution in [-0.4, -0.2) is 37.3 Å². The molecule has 2 fully saturated rings. The van der Waals surface area contributed by atoms with Gasteiger partial charge < -0.3 is 4.57 Å². The van der Waals surface area contributed by atoms with Crippen molar-refractivity contribution in [1.29, 1.82) is 0 Å². The van der Waals surface area contributed by atoms with Crippen molar-refractivity contribution in [3.05, 3.63) is 45.9 Å². The van der Waals surface area contributed by atoms with Gasteiger partial charge >= 0.3 is 0 Å². The Labute approximate surface area is 147 Å². The summed E-state index contributed by atoms with van der Waals surface area (Å²) in [5, 5.41) is 4.59. The van der Waals surface area contributed by atoms with Crippen molar-refractivity contribution in [3.63, 3.8) is 0 Å². The summed E-state index contributed by atoms with van der Waals surface area (Å²) in [6.45, 7) is 4.94. The van der Waals surface area contributed by atoms with Gasteiger partial charge in [0.25, 0.3) is 5.56 Å². The molecule has 0 radical (unpaired) electrons. The van der Waals surface area contributed by atoms with Crippen LogP contribution in [0.2, 0.25) is 0 Å². The third kappa shape index (κ3) is 3.03. The quantitative estimate of drug-likeness (QED) is 0.833. The molecule has 0 bridgehead atoms. The van der Waals surface area contributed by atoms with Crippen LogP contribution in [0.15, 0.2) is 23.1 Å². The average molecular weight is 339 g/mol. The number of aromatic nitrogens is 4. The SMILES string of the molecule is O=c1ccc(C2CC2)nn1CC1CN(Cc2cnc3n2CCCC3)C1. The van der Waals surface area contributed by atoms with Gasteiger partial charge in [-0.2, -0.15) is 5.10 Å². The predicted octanol–water partition coefficient (Wildman–Crippen LogP) is 1.79. The Kier molecular flexibility index (Phi) is 3.73. The standard InChI is InChI=1S/C19H25N5O/c25-19-7-6-17(15-4-5-15)21-24(19)12-14-10-22(11-14)13-16-9-20-18-3-1-2-8-23(16)18/h6-7,9,14-15H,1-5,8,10-13H2. The van der Waals surface area contributed by atoms with Gasteiger partial charge in [-0.1, -0.05) is 0 Å². The van der Waals surface area contributed by atoms with E-state index in [1.54, 1.807) is 10.7 Å². The van der Waals surface area contributed by atoms with Gasteiger partial charge in [0.1, 0.15) is 5.82 Å². The van der Waals surface area contributed by atoms with Crippen molar-refractivity contribution in [2.24, 2.45) is 5.92 Å². The minimum absolute atomic E-state index is 0.0349. The monoisotopic (exact) mass is 339 g/mol. The first kappa shape index (κ1) is 15.3. The molecule has 3 aliphatic rings. The van der Waals surface area contributed by atoms with E-state index in [1.807, 2.05) is 6.07 Å². The molecular weight excluding hydrogens is 314 g/mol. The lowest BCUT2D eigenvalue weighted by atomic mass is 10.00. The van der Waals surface area contributed by atoms with Crippen LogP contribution in [0.5, 0.6) is 0 Å². The van der Waals surface area contributed by atoms with Gasteiger partial charge in [-0.05, 0) is 31.7 Å². The van der Waals surface area contributed by atoms with E-state index in [1.165, 1.54) is 37.2 Å². The summed E-state index contributed by atoms with van der Waals surface area (Å²) in [4.78, 5) is 19.1. The molecule has 0 spiro atoms. The number of aryl methyl sites for hydroxylation is 1. The summed E-state index contributed by atoms with van der Waals surface area (Å²) in [7, 11) is 0. The fourth-order valence-corrected chi connectivity index (χ4v) is 4.19. The Morgan fingerprint density at radius 3 is 2.88 bits per heavy atom. The van der Waals surface area contributed by atoms with Crippen molar-refractivity contribution >= 4 is 0 Å². The van der Waals surface area contributed by atoms with Crippen molar-refractivity contribution in [2.75, 3.05) is 13.1 Å². The van der Waals surface area contributed by atoms with Crippen LogP contribution >= 0.6 is 0 Å². The van der Waals surface area contributed by atoms with Crippen LogP contribution in [0.25, 0.3) is 0 Å². The fraction of sp³-hybridized carbons (Fsp3) is 0.632. The molecule has 4 heterocycles. The average Bonchev–Trinajstić information content (AvgIpc) is 3.36. The molecular formula is C19H25N5O. The minimum Gasteiger partial charge on any atom is -0.331 e. The van der Waals surface area contributed by atoms with Crippen LogP contribution < -0.4 is 5.56 Å². The molecule has 25 heavy (non-hydrogen) atoms. The van der Waals surface area contributed by atoms with Crippen LogP contribution in [0.1, 0.15) is 48.8 Å². The third-order valence-corrected chi connectivity index (χ3v) is 5.79. The van der Waals surface area contributed by atoms with E-state index < -0.39 is 0 Å². The molecule has 0 amide bonds. The second kappa shape index (κ2) is 6.09. The normalized spacial score (nSPS) is 21.1. The van der Waals surface area contributed by atoms with Crippen LogP contribution in [0, 0.1) is 5.92 Å². The first-order chi connectivity index (χ1) is 12.3. The summed E-state index contributed by atoms with van der Waals surface area (Å²) in [6, 6.07) is 3.60. The summed E-state index contributed by atoms with van der Waals surface area (Å²) >= 11 is 0. The number of fused-ring (bicyclic) bond motifs is 1. The van der Waals surface area contributed by atoms with E-state index in [0.29, 0.717) is 11.8 Å². The molecule has 2 aromatic heterocycles. The van der Waals surface area contributed by atoms with Gasteiger partial charge in [-0.25, -0.2) is 9.67 Å². The molecule has 0 atom stereocenters. The highest BCUT2D eigenvalue weighted by Gasteiger charge is 2.30. The molecule has 0 N–H and O–H groups in total. The van der Waals surface area contributed by atoms with E-state index >= 15 is 0 Å². The number of rotatable bonds is 5. The lowest BCUT2D eigenvalue weighted by Gasteiger charge is -2.39. The highest BCUT2D eigenvalue weighted by Crippen LogP contribution is 2.38. The molecule has 0 unspecified atom stereocenters. The lowest BCUT2D eigenvalue weighted by molar-refractivity contribution is 0.0738. The second-order valence-corrected chi connectivity index (χ2v) is 7.89. The molecule has 6 heteroatoms. The van der Waals surface area contributed by atoms with Gasteiger partial charge in [0, 0.05) is 56.7 Å². The van der Waals surface area contributed by atoms with Gasteiger partial charge in [0.2, 0.25) is 0 Å². The fourth-order valence-electron chi connectivity index (χ4n) is 4.19. The van der Waals surface area contributed by atoms with E-state index in [2.05, 4.69) is 25.7 Å². The van der Waals surface area contributed by atoms with Gasteiger partial charge in [-0.3, -0.25) is 9.69 Å². The lowest BCUT2D eigenvalue weighted by Crippen LogP contribution is -2.49. The number of nitrogens with zero attached hydrogens (tertiary/aromatic N) is 5. The maximum Gasteiger partial charge on any atom is 0.266 e. The van der Waals surface area contributed by atoms with Crippen LogP contribution in [-0.2, 0) is 26.1 Å². The van der Waals surface area contributed by atoms with Crippen molar-refractivity contribution in [3.8, 4) is 0 Å². The summed E-state index contributed by atoms with van der Waals surface area (Å²) in [5.74, 6) is 2.38. The largest absolute Gasteiger partial charge is 0.331 e. The zero-order chi connectivity index (χ0) is 16.8. The second-order valence-electron chi connectivity index (χ2n) is 7.89. The van der Waals surface area contributed by atoms with Crippen LogP contribution in [0.3, 0.4) is 0 Å². The molecule has 2 aromatic rings. The summed E-state index contributed by atoms with van der Waals surface area (Å²) in [5.41, 5.74) is 2.48. The molecule has 0 aromatic carbocycles. The topological polar surface area (TPSA) is 56.0 Å². The molecule has 1 aliphatic carbocycles. The molecule has 1 saturated carbocycles. The molecule has 5 rings (SSSR count). The molecule has 6 nitrogen and oxygen atoms in total. The van der Waals surface area contributed by atoms with Gasteiger partial charge in [0.05, 0.1) is 17.9 Å². The Hall–Kier alpha value is -1.95. The number of hydrogen-bond acceptors (Lipinski definition) is 4. The maximum atomic E-state index is 12.1. The van der Waals surface area contributed by atoms with Crippen molar-refractivity contribution < 1.29 is 0 Å². The maximum absolute atomic E-state index is 12.1. The smallest absolute Gasteiger partial charge is 0.266 e. The summed E-state index contributed by atoms with van der Waals surface area (Å²) < 4.78 is 4.10. The first-order valence-corrected chi connectivity index (χ1v) is 9.60. The van der Waals surface area contributed by atoms with Crippen molar-refractivity contribution in [2.45, 2.75) is 57.7 Å². The third-order valence-electron chi connectivity index (χ3n) is 5.79. The minimum atomic E-state index is 0.0349. The first-order valence-electron chi connectivity index (χ1n) is 9.60. The van der Waals surface area contributed by atoms with Gasteiger partial charge in [0.15, 0.2) is 0 Å².